The lowest BCUT2D eigenvalue weighted by atomic mass is 9.96. The van der Waals surface area contributed by atoms with Crippen LogP contribution in [0.15, 0.2) is 12.7 Å². The monoisotopic (exact) mass is 210 g/mol. The molecule has 0 radical (unpaired) electrons. The van der Waals surface area contributed by atoms with Gasteiger partial charge in [0.05, 0.1) is 0 Å². The minimum Gasteiger partial charge on any atom is -0.316 e. The lowest BCUT2D eigenvalue weighted by Crippen LogP contribution is -2.46. The molecule has 0 aliphatic carbocycles. The van der Waals surface area contributed by atoms with Crippen LogP contribution in [-0.4, -0.2) is 36.6 Å². The molecule has 1 atom stereocenters. The molecule has 2 heteroatoms. The Morgan fingerprint density at radius 3 is 2.67 bits per heavy atom. The van der Waals surface area contributed by atoms with E-state index in [2.05, 4.69) is 37.6 Å². The third kappa shape index (κ3) is 4.35. The van der Waals surface area contributed by atoms with Crippen LogP contribution in [-0.2, 0) is 0 Å². The zero-order chi connectivity index (χ0) is 11.3. The van der Waals surface area contributed by atoms with Crippen LogP contribution >= 0.6 is 0 Å². The van der Waals surface area contributed by atoms with E-state index in [1.54, 1.807) is 0 Å². The topological polar surface area (TPSA) is 15.3 Å². The molecule has 1 N–H and O–H groups in total. The quantitative estimate of drug-likeness (QED) is 0.716. The molecule has 1 rings (SSSR count). The molecule has 1 aliphatic rings. The number of hydrogen-bond donors (Lipinski definition) is 1. The Hall–Kier alpha value is -0.340. The van der Waals surface area contributed by atoms with Crippen molar-refractivity contribution < 1.29 is 0 Å². The van der Waals surface area contributed by atoms with Crippen LogP contribution in [0.3, 0.4) is 0 Å². The first-order valence-electron chi connectivity index (χ1n) is 6.10. The first-order chi connectivity index (χ1) is 7.04. The molecule has 0 saturated carbocycles. The Balaban J connectivity index is 2.45. The second-order valence-corrected chi connectivity index (χ2v) is 5.58. The molecule has 1 aliphatic heterocycles. The number of rotatable bonds is 4. The maximum atomic E-state index is 3.85. The smallest absolute Gasteiger partial charge is 0.0165 e. The third-order valence-corrected chi connectivity index (χ3v) is 3.18. The summed E-state index contributed by atoms with van der Waals surface area (Å²) in [6.07, 6.45) is 4.72. The Morgan fingerprint density at radius 2 is 2.20 bits per heavy atom. The second kappa shape index (κ2) is 5.66. The summed E-state index contributed by atoms with van der Waals surface area (Å²) in [4.78, 5) is 2.53. The van der Waals surface area contributed by atoms with Crippen molar-refractivity contribution in [1.82, 2.24) is 10.2 Å². The normalized spacial score (nSPS) is 23.1. The van der Waals surface area contributed by atoms with E-state index < -0.39 is 0 Å². The van der Waals surface area contributed by atoms with E-state index in [4.69, 9.17) is 0 Å². The van der Waals surface area contributed by atoms with Crippen LogP contribution in [0.25, 0.3) is 0 Å². The Morgan fingerprint density at radius 1 is 1.47 bits per heavy atom. The highest BCUT2D eigenvalue weighted by atomic mass is 15.2. The standard InChI is InChI=1S/C13H26N2/c1-5-9-15(13(2,3)4)11-12-7-6-8-14-10-12/h5,12,14H,1,6-11H2,2-4H3. The van der Waals surface area contributed by atoms with E-state index in [-0.39, 0.29) is 5.54 Å². The molecule has 1 saturated heterocycles. The number of nitrogens with one attached hydrogen (secondary N) is 1. The number of hydrogen-bond acceptors (Lipinski definition) is 2. The highest BCUT2D eigenvalue weighted by Crippen LogP contribution is 2.18. The largest absolute Gasteiger partial charge is 0.316 e. The van der Waals surface area contributed by atoms with Crippen molar-refractivity contribution in [3.05, 3.63) is 12.7 Å². The van der Waals surface area contributed by atoms with Gasteiger partial charge in [-0.25, -0.2) is 0 Å². The average Bonchev–Trinajstić information content (AvgIpc) is 2.17. The van der Waals surface area contributed by atoms with Gasteiger partial charge in [-0.3, -0.25) is 4.90 Å². The number of nitrogens with zero attached hydrogens (tertiary/aromatic N) is 1. The van der Waals surface area contributed by atoms with E-state index in [0.717, 1.165) is 12.5 Å². The van der Waals surface area contributed by atoms with E-state index in [9.17, 15) is 0 Å². The van der Waals surface area contributed by atoms with Crippen LogP contribution in [0.4, 0.5) is 0 Å². The van der Waals surface area contributed by atoms with E-state index >= 15 is 0 Å². The van der Waals surface area contributed by atoms with Gasteiger partial charge < -0.3 is 5.32 Å². The fraction of sp³-hybridized carbons (Fsp3) is 0.846. The molecule has 1 unspecified atom stereocenters. The Kier molecular flexibility index (Phi) is 4.81. The van der Waals surface area contributed by atoms with E-state index in [1.807, 2.05) is 6.08 Å². The first-order valence-corrected chi connectivity index (χ1v) is 6.10. The van der Waals surface area contributed by atoms with Gasteiger partial charge in [-0.15, -0.1) is 6.58 Å². The molecule has 88 valence electrons. The summed E-state index contributed by atoms with van der Waals surface area (Å²) in [7, 11) is 0. The van der Waals surface area contributed by atoms with Gasteiger partial charge in [0, 0.05) is 18.6 Å². The van der Waals surface area contributed by atoms with Crippen molar-refractivity contribution in [3.63, 3.8) is 0 Å². The third-order valence-electron chi connectivity index (χ3n) is 3.18. The molecule has 0 spiro atoms. The Labute approximate surface area is 94.7 Å². The van der Waals surface area contributed by atoms with Crippen LogP contribution < -0.4 is 5.32 Å². The van der Waals surface area contributed by atoms with Gasteiger partial charge in [-0.05, 0) is 52.6 Å². The number of piperidine rings is 1. The molecule has 2 nitrogen and oxygen atoms in total. The summed E-state index contributed by atoms with van der Waals surface area (Å²) in [6.45, 7) is 15.3. The minimum absolute atomic E-state index is 0.256. The van der Waals surface area contributed by atoms with Gasteiger partial charge in [0.25, 0.3) is 0 Å². The van der Waals surface area contributed by atoms with E-state index in [1.165, 1.54) is 32.5 Å². The average molecular weight is 210 g/mol. The van der Waals surface area contributed by atoms with Crippen molar-refractivity contribution in [1.29, 1.82) is 0 Å². The molecule has 0 bridgehead atoms. The summed E-state index contributed by atoms with van der Waals surface area (Å²) in [5.74, 6) is 0.818. The van der Waals surface area contributed by atoms with Crippen molar-refractivity contribution in [2.75, 3.05) is 26.2 Å². The van der Waals surface area contributed by atoms with Crippen LogP contribution in [0.5, 0.6) is 0 Å². The second-order valence-electron chi connectivity index (χ2n) is 5.58. The Bertz CT molecular complexity index is 187. The first kappa shape index (κ1) is 12.7. The molecule has 15 heavy (non-hydrogen) atoms. The molecule has 1 heterocycles. The van der Waals surface area contributed by atoms with Crippen molar-refractivity contribution >= 4 is 0 Å². The van der Waals surface area contributed by atoms with Crippen molar-refractivity contribution in [2.24, 2.45) is 5.92 Å². The van der Waals surface area contributed by atoms with Gasteiger partial charge in [-0.1, -0.05) is 6.08 Å². The van der Waals surface area contributed by atoms with Crippen LogP contribution in [0.1, 0.15) is 33.6 Å². The van der Waals surface area contributed by atoms with Gasteiger partial charge in [0.1, 0.15) is 0 Å². The lowest BCUT2D eigenvalue weighted by molar-refractivity contribution is 0.120. The predicted molar refractivity (Wildman–Crippen MR) is 67.1 cm³/mol. The molecular formula is C13H26N2. The van der Waals surface area contributed by atoms with Gasteiger partial charge in [0.2, 0.25) is 0 Å². The summed E-state index contributed by atoms with van der Waals surface area (Å²) in [5.41, 5.74) is 0.256. The lowest BCUT2D eigenvalue weighted by Gasteiger charge is -2.38. The van der Waals surface area contributed by atoms with Crippen LogP contribution in [0, 0.1) is 5.92 Å². The predicted octanol–water partition coefficient (Wildman–Crippen LogP) is 2.27. The van der Waals surface area contributed by atoms with Gasteiger partial charge >= 0.3 is 0 Å². The summed E-state index contributed by atoms with van der Waals surface area (Å²) in [5, 5.41) is 3.48. The fourth-order valence-corrected chi connectivity index (χ4v) is 2.17. The minimum atomic E-state index is 0.256. The van der Waals surface area contributed by atoms with Gasteiger partial charge in [0.15, 0.2) is 0 Å². The fourth-order valence-electron chi connectivity index (χ4n) is 2.17. The summed E-state index contributed by atoms with van der Waals surface area (Å²) in [6, 6.07) is 0. The molecular weight excluding hydrogens is 184 g/mol. The van der Waals surface area contributed by atoms with Crippen molar-refractivity contribution in [3.8, 4) is 0 Å². The maximum absolute atomic E-state index is 3.85. The molecule has 0 aromatic carbocycles. The van der Waals surface area contributed by atoms with E-state index in [0.29, 0.717) is 0 Å². The zero-order valence-electron chi connectivity index (χ0n) is 10.6. The molecule has 0 aromatic rings. The van der Waals surface area contributed by atoms with Crippen LogP contribution in [0.2, 0.25) is 0 Å². The highest BCUT2D eigenvalue weighted by molar-refractivity contribution is 4.85. The maximum Gasteiger partial charge on any atom is 0.0165 e. The molecule has 0 amide bonds. The van der Waals surface area contributed by atoms with Crippen molar-refractivity contribution in [2.45, 2.75) is 39.2 Å². The molecule has 0 aromatic heterocycles. The summed E-state index contributed by atoms with van der Waals surface area (Å²) >= 11 is 0. The van der Waals surface area contributed by atoms with Gasteiger partial charge in [-0.2, -0.15) is 0 Å². The summed E-state index contributed by atoms with van der Waals surface area (Å²) < 4.78 is 0. The SMILES string of the molecule is C=CCN(CC1CCCNC1)C(C)(C)C. The molecule has 1 fully saturated rings. The zero-order valence-corrected chi connectivity index (χ0v) is 10.6. The highest BCUT2D eigenvalue weighted by Gasteiger charge is 2.24.